The van der Waals surface area contributed by atoms with E-state index in [1.807, 2.05) is 36.4 Å². The molecule has 25 heavy (non-hydrogen) atoms. The molecule has 0 bridgehead atoms. The van der Waals surface area contributed by atoms with Gasteiger partial charge in [0.2, 0.25) is 9.84 Å². The van der Waals surface area contributed by atoms with Gasteiger partial charge in [0.15, 0.2) is 0 Å². The Morgan fingerprint density at radius 1 is 0.960 bits per heavy atom. The van der Waals surface area contributed by atoms with Gasteiger partial charge in [0.25, 0.3) is 0 Å². The normalized spacial score (nSPS) is 12.1. The lowest BCUT2D eigenvalue weighted by Crippen LogP contribution is -2.04. The van der Waals surface area contributed by atoms with E-state index in [9.17, 15) is 13.7 Å². The van der Waals surface area contributed by atoms with E-state index in [0.29, 0.717) is 5.56 Å². The van der Waals surface area contributed by atoms with E-state index in [-0.39, 0.29) is 14.9 Å². The average molecular weight is 388 g/mol. The van der Waals surface area contributed by atoms with Crippen molar-refractivity contribution in [1.82, 2.24) is 0 Å². The van der Waals surface area contributed by atoms with Gasteiger partial charge in [-0.3, -0.25) is 0 Å². The second-order valence-corrected chi connectivity index (χ2v) is 8.04. The van der Waals surface area contributed by atoms with E-state index >= 15 is 0 Å². The van der Waals surface area contributed by atoms with Crippen molar-refractivity contribution in [1.29, 1.82) is 5.26 Å². The number of rotatable bonds is 3. The van der Waals surface area contributed by atoms with Gasteiger partial charge in [-0.25, -0.2) is 8.42 Å². The molecule has 0 aliphatic rings. The molecule has 0 spiro atoms. The predicted molar refractivity (Wildman–Crippen MR) is 101 cm³/mol. The average Bonchev–Trinajstić information content (AvgIpc) is 2.61. The molecule has 0 saturated carbocycles. The van der Waals surface area contributed by atoms with Crippen molar-refractivity contribution in [3.05, 3.63) is 81.2 Å². The van der Waals surface area contributed by atoms with Crippen LogP contribution in [0.3, 0.4) is 0 Å². The van der Waals surface area contributed by atoms with E-state index < -0.39 is 14.7 Å². The van der Waals surface area contributed by atoms with Crippen LogP contribution < -0.4 is 0 Å². The van der Waals surface area contributed by atoms with Crippen LogP contribution in [0.15, 0.2) is 70.5 Å². The fraction of sp³-hybridized carbons (Fsp3) is 0. The zero-order valence-electron chi connectivity index (χ0n) is 12.8. The maximum absolute atomic E-state index is 12.8. The van der Waals surface area contributed by atoms with Gasteiger partial charge in [-0.1, -0.05) is 59.6 Å². The Morgan fingerprint density at radius 2 is 1.68 bits per heavy atom. The second-order valence-electron chi connectivity index (χ2n) is 5.31. The summed E-state index contributed by atoms with van der Waals surface area (Å²) >= 11 is 11.9. The molecule has 0 unspecified atom stereocenters. The summed E-state index contributed by atoms with van der Waals surface area (Å²) in [5.41, 5.74) is 0.608. The summed E-state index contributed by atoms with van der Waals surface area (Å²) < 4.78 is 25.5. The van der Waals surface area contributed by atoms with Crippen molar-refractivity contribution in [2.24, 2.45) is 0 Å². The van der Waals surface area contributed by atoms with Crippen LogP contribution in [0.1, 0.15) is 5.56 Å². The lowest BCUT2D eigenvalue weighted by Gasteiger charge is -2.06. The summed E-state index contributed by atoms with van der Waals surface area (Å²) in [6.45, 7) is 0. The van der Waals surface area contributed by atoms with E-state index in [2.05, 4.69) is 0 Å². The molecule has 0 saturated heterocycles. The molecule has 3 rings (SSSR count). The summed E-state index contributed by atoms with van der Waals surface area (Å²) in [7, 11) is -4.07. The Morgan fingerprint density at radius 3 is 2.40 bits per heavy atom. The third-order valence-corrected chi connectivity index (χ3v) is 6.04. The molecule has 0 heterocycles. The lowest BCUT2D eigenvalue weighted by molar-refractivity contribution is 0.603. The number of hydrogen-bond acceptors (Lipinski definition) is 3. The molecule has 3 aromatic rings. The van der Waals surface area contributed by atoms with Crippen LogP contribution >= 0.6 is 23.2 Å². The van der Waals surface area contributed by atoms with E-state index in [1.54, 1.807) is 12.1 Å². The summed E-state index contributed by atoms with van der Waals surface area (Å²) in [5, 5.41) is 11.6. The first kappa shape index (κ1) is 17.5. The maximum atomic E-state index is 12.8. The molecule has 0 radical (unpaired) electrons. The predicted octanol–water partition coefficient (Wildman–Crippen LogP) is 5.48. The van der Waals surface area contributed by atoms with Gasteiger partial charge in [-0.15, -0.1) is 0 Å². The van der Waals surface area contributed by atoms with Gasteiger partial charge in [0.05, 0.1) is 9.92 Å². The SMILES string of the molecule is N#C/C(=C/c1ccc2ccccc2c1)S(=O)(=O)c1cc(Cl)ccc1Cl. The Labute approximate surface area is 155 Å². The fourth-order valence-corrected chi connectivity index (χ4v) is 4.33. The largest absolute Gasteiger partial charge is 0.218 e. The number of sulfone groups is 1. The smallest absolute Gasteiger partial charge is 0.218 e. The molecule has 3 nitrogen and oxygen atoms in total. The van der Waals surface area contributed by atoms with E-state index in [4.69, 9.17) is 23.2 Å². The summed E-state index contributed by atoms with van der Waals surface area (Å²) in [6.07, 6.45) is 1.33. The molecule has 3 aromatic carbocycles. The van der Waals surface area contributed by atoms with Gasteiger partial charge in [0, 0.05) is 5.02 Å². The number of nitrogens with zero attached hydrogens (tertiary/aromatic N) is 1. The molecular weight excluding hydrogens is 377 g/mol. The standard InChI is InChI=1S/C19H11Cl2NO2S/c20-16-7-8-18(21)19(11-16)25(23,24)17(12-22)10-13-5-6-14-3-1-2-4-15(14)9-13/h1-11H/b17-10-. The number of allylic oxidation sites excluding steroid dienone is 1. The van der Waals surface area contributed by atoms with Crippen LogP contribution in [0.25, 0.3) is 16.8 Å². The molecular formula is C19H11Cl2NO2S. The van der Waals surface area contributed by atoms with Crippen LogP contribution in [-0.2, 0) is 9.84 Å². The highest BCUT2D eigenvalue weighted by molar-refractivity contribution is 7.95. The topological polar surface area (TPSA) is 57.9 Å². The summed E-state index contributed by atoms with van der Waals surface area (Å²) in [5.74, 6) is 0. The molecule has 124 valence electrons. The monoisotopic (exact) mass is 387 g/mol. The van der Waals surface area contributed by atoms with Crippen molar-refractivity contribution < 1.29 is 8.42 Å². The summed E-state index contributed by atoms with van der Waals surface area (Å²) in [6, 6.07) is 19.0. The van der Waals surface area contributed by atoms with Crippen LogP contribution in [0, 0.1) is 11.3 Å². The highest BCUT2D eigenvalue weighted by Crippen LogP contribution is 2.30. The van der Waals surface area contributed by atoms with Crippen molar-refractivity contribution in [2.75, 3.05) is 0 Å². The van der Waals surface area contributed by atoms with Gasteiger partial charge >= 0.3 is 0 Å². The first-order valence-corrected chi connectivity index (χ1v) is 9.46. The van der Waals surface area contributed by atoms with Crippen molar-refractivity contribution >= 4 is 49.9 Å². The molecule has 0 aliphatic carbocycles. The molecule has 0 atom stereocenters. The molecule has 0 aliphatic heterocycles. The minimum Gasteiger partial charge on any atom is -0.218 e. The molecule has 0 aromatic heterocycles. The lowest BCUT2D eigenvalue weighted by atomic mass is 10.1. The Hall–Kier alpha value is -2.32. The fourth-order valence-electron chi connectivity index (χ4n) is 2.42. The number of fused-ring (bicyclic) bond motifs is 1. The minimum absolute atomic E-state index is 0.0176. The number of halogens is 2. The van der Waals surface area contributed by atoms with Crippen LogP contribution in [0.2, 0.25) is 10.0 Å². The van der Waals surface area contributed by atoms with Gasteiger partial charge in [-0.2, -0.15) is 5.26 Å². The van der Waals surface area contributed by atoms with Crippen LogP contribution in [-0.4, -0.2) is 8.42 Å². The number of hydrogen-bond donors (Lipinski definition) is 0. The van der Waals surface area contributed by atoms with Crippen LogP contribution in [0.5, 0.6) is 0 Å². The minimum atomic E-state index is -4.07. The molecule has 6 heteroatoms. The van der Waals surface area contributed by atoms with E-state index in [0.717, 1.165) is 10.8 Å². The van der Waals surface area contributed by atoms with Crippen LogP contribution in [0.4, 0.5) is 0 Å². The Balaban J connectivity index is 2.13. The zero-order valence-corrected chi connectivity index (χ0v) is 15.1. The molecule has 0 N–H and O–H groups in total. The zero-order chi connectivity index (χ0) is 18.0. The first-order chi connectivity index (χ1) is 11.9. The molecule has 0 amide bonds. The third-order valence-electron chi connectivity index (χ3n) is 3.65. The Bertz CT molecular complexity index is 1150. The van der Waals surface area contributed by atoms with Crippen molar-refractivity contribution in [3.63, 3.8) is 0 Å². The highest BCUT2D eigenvalue weighted by atomic mass is 35.5. The maximum Gasteiger partial charge on any atom is 0.218 e. The number of benzene rings is 3. The third kappa shape index (κ3) is 3.54. The van der Waals surface area contributed by atoms with Gasteiger partial charge in [0.1, 0.15) is 11.0 Å². The second kappa shape index (κ2) is 6.89. The quantitative estimate of drug-likeness (QED) is 0.558. The number of nitriles is 1. The van der Waals surface area contributed by atoms with Gasteiger partial charge < -0.3 is 0 Å². The van der Waals surface area contributed by atoms with Crippen molar-refractivity contribution in [3.8, 4) is 6.07 Å². The molecule has 0 fully saturated rings. The highest BCUT2D eigenvalue weighted by Gasteiger charge is 2.24. The van der Waals surface area contributed by atoms with E-state index in [1.165, 1.54) is 24.3 Å². The Kier molecular flexibility index (Phi) is 4.82. The first-order valence-electron chi connectivity index (χ1n) is 7.22. The van der Waals surface area contributed by atoms with Crippen molar-refractivity contribution in [2.45, 2.75) is 4.90 Å². The summed E-state index contributed by atoms with van der Waals surface area (Å²) in [4.78, 5) is -0.581. The van der Waals surface area contributed by atoms with Gasteiger partial charge in [-0.05, 0) is 46.7 Å².